The van der Waals surface area contributed by atoms with Crippen LogP contribution in [0.4, 0.5) is 10.1 Å². The quantitative estimate of drug-likeness (QED) is 0.748. The van der Waals surface area contributed by atoms with Gasteiger partial charge in [0.25, 0.3) is 0 Å². The van der Waals surface area contributed by atoms with Crippen molar-refractivity contribution in [3.8, 4) is 0 Å². The van der Waals surface area contributed by atoms with Gasteiger partial charge in [-0.1, -0.05) is 29.3 Å². The average molecular weight is 410 g/mol. The topological polar surface area (TPSA) is 26.8 Å². The molecule has 1 aliphatic heterocycles. The smallest absolute Gasteiger partial charge is 0.236 e. The van der Waals surface area contributed by atoms with Crippen LogP contribution >= 0.6 is 23.2 Å². The Labute approximate surface area is 169 Å². The van der Waals surface area contributed by atoms with Crippen LogP contribution in [-0.4, -0.2) is 55.5 Å². The first-order chi connectivity index (χ1) is 12.9. The van der Waals surface area contributed by atoms with Gasteiger partial charge in [-0.2, -0.15) is 0 Å². The van der Waals surface area contributed by atoms with Crippen molar-refractivity contribution in [1.29, 1.82) is 0 Å². The first-order valence-corrected chi connectivity index (χ1v) is 9.59. The molecule has 1 fully saturated rings. The molecule has 27 heavy (non-hydrogen) atoms. The lowest BCUT2D eigenvalue weighted by Crippen LogP contribution is -2.49. The van der Waals surface area contributed by atoms with Crippen LogP contribution in [0.25, 0.3) is 0 Å². The van der Waals surface area contributed by atoms with Gasteiger partial charge in [0.1, 0.15) is 5.82 Å². The Morgan fingerprint density at radius 1 is 1.04 bits per heavy atom. The number of nitrogens with zero attached hydrogens (tertiary/aromatic N) is 3. The highest BCUT2D eigenvalue weighted by atomic mass is 35.5. The highest BCUT2D eigenvalue weighted by Crippen LogP contribution is 2.23. The Morgan fingerprint density at radius 3 is 2.33 bits per heavy atom. The van der Waals surface area contributed by atoms with Crippen LogP contribution in [0.3, 0.4) is 0 Å². The lowest BCUT2D eigenvalue weighted by atomic mass is 10.2. The minimum atomic E-state index is -0.229. The fourth-order valence-electron chi connectivity index (χ4n) is 3.13. The molecule has 1 amide bonds. The van der Waals surface area contributed by atoms with E-state index in [9.17, 15) is 9.18 Å². The predicted octanol–water partition coefficient (Wildman–Crippen LogP) is 3.91. The molecular weight excluding hydrogens is 388 g/mol. The summed E-state index contributed by atoms with van der Waals surface area (Å²) in [7, 11) is 1.79. The molecule has 0 aromatic heterocycles. The molecule has 0 atom stereocenters. The molecule has 1 aliphatic rings. The number of benzene rings is 2. The SMILES string of the molecule is CN(Cc1ccc(Cl)c(Cl)c1)C(=O)CN1CCN(c2ccc(F)cc2)CC1. The molecule has 144 valence electrons. The van der Waals surface area contributed by atoms with Crippen molar-refractivity contribution in [2.75, 3.05) is 44.7 Å². The maximum atomic E-state index is 13.1. The maximum absolute atomic E-state index is 13.1. The molecular formula is C20H22Cl2FN3O. The van der Waals surface area contributed by atoms with Crippen molar-refractivity contribution < 1.29 is 9.18 Å². The third-order valence-corrected chi connectivity index (χ3v) is 5.49. The Bertz CT molecular complexity index is 792. The zero-order valence-electron chi connectivity index (χ0n) is 15.2. The normalized spacial score (nSPS) is 15.0. The summed E-state index contributed by atoms with van der Waals surface area (Å²) in [5, 5.41) is 1.00. The summed E-state index contributed by atoms with van der Waals surface area (Å²) in [5.41, 5.74) is 1.96. The van der Waals surface area contributed by atoms with Gasteiger partial charge in [-0.05, 0) is 42.0 Å². The van der Waals surface area contributed by atoms with Crippen LogP contribution < -0.4 is 4.90 Å². The molecule has 1 saturated heterocycles. The molecule has 2 aromatic rings. The largest absolute Gasteiger partial charge is 0.369 e. The Balaban J connectivity index is 1.48. The van der Waals surface area contributed by atoms with Crippen molar-refractivity contribution >= 4 is 34.8 Å². The number of anilines is 1. The van der Waals surface area contributed by atoms with Crippen molar-refractivity contribution in [2.24, 2.45) is 0 Å². The summed E-state index contributed by atoms with van der Waals surface area (Å²) < 4.78 is 13.1. The molecule has 0 spiro atoms. The van der Waals surface area contributed by atoms with Crippen LogP contribution in [0.15, 0.2) is 42.5 Å². The van der Waals surface area contributed by atoms with E-state index in [0.717, 1.165) is 37.4 Å². The molecule has 0 radical (unpaired) electrons. The van der Waals surface area contributed by atoms with Gasteiger partial charge in [-0.3, -0.25) is 9.69 Å². The number of piperazine rings is 1. The number of halogens is 3. The van der Waals surface area contributed by atoms with Gasteiger partial charge >= 0.3 is 0 Å². The highest BCUT2D eigenvalue weighted by Gasteiger charge is 2.21. The standard InChI is InChI=1S/C20H22Cl2FN3O/c1-24(13-15-2-7-18(21)19(22)12-15)20(27)14-25-8-10-26(11-9-25)17-5-3-16(23)4-6-17/h2-7,12H,8-11,13-14H2,1H3. The first kappa shape index (κ1) is 19.9. The van der Waals surface area contributed by atoms with E-state index in [-0.39, 0.29) is 11.7 Å². The van der Waals surface area contributed by atoms with E-state index in [4.69, 9.17) is 23.2 Å². The van der Waals surface area contributed by atoms with Gasteiger partial charge in [0, 0.05) is 45.5 Å². The summed E-state index contributed by atoms with van der Waals surface area (Å²) in [6, 6.07) is 11.9. The minimum absolute atomic E-state index is 0.0660. The van der Waals surface area contributed by atoms with Crippen molar-refractivity contribution in [2.45, 2.75) is 6.54 Å². The molecule has 0 N–H and O–H groups in total. The predicted molar refractivity (Wildman–Crippen MR) is 108 cm³/mol. The average Bonchev–Trinajstić information content (AvgIpc) is 2.66. The van der Waals surface area contributed by atoms with Crippen LogP contribution in [0.2, 0.25) is 10.0 Å². The van der Waals surface area contributed by atoms with E-state index >= 15 is 0 Å². The van der Waals surface area contributed by atoms with Gasteiger partial charge in [-0.15, -0.1) is 0 Å². The van der Waals surface area contributed by atoms with Crippen molar-refractivity contribution in [3.05, 3.63) is 63.9 Å². The monoisotopic (exact) mass is 409 g/mol. The number of likely N-dealkylation sites (N-methyl/N-ethyl adjacent to an activating group) is 1. The number of amides is 1. The van der Waals surface area contributed by atoms with E-state index in [0.29, 0.717) is 23.1 Å². The fourth-order valence-corrected chi connectivity index (χ4v) is 3.45. The first-order valence-electron chi connectivity index (χ1n) is 8.83. The molecule has 0 aliphatic carbocycles. The van der Waals surface area contributed by atoms with Crippen LogP contribution in [0.1, 0.15) is 5.56 Å². The molecule has 3 rings (SSSR count). The Morgan fingerprint density at radius 2 is 1.70 bits per heavy atom. The Kier molecular flexibility index (Phi) is 6.58. The van der Waals surface area contributed by atoms with Gasteiger partial charge in [0.05, 0.1) is 16.6 Å². The second-order valence-corrected chi connectivity index (χ2v) is 7.55. The van der Waals surface area contributed by atoms with Crippen LogP contribution in [0, 0.1) is 5.82 Å². The molecule has 0 saturated carbocycles. The molecule has 7 heteroatoms. The minimum Gasteiger partial charge on any atom is -0.369 e. The zero-order chi connectivity index (χ0) is 19.4. The molecule has 4 nitrogen and oxygen atoms in total. The molecule has 2 aromatic carbocycles. The molecule has 0 unspecified atom stereocenters. The lowest BCUT2D eigenvalue weighted by Gasteiger charge is -2.36. The third kappa shape index (κ3) is 5.34. The fraction of sp³-hybridized carbons (Fsp3) is 0.350. The molecule has 1 heterocycles. The zero-order valence-corrected chi connectivity index (χ0v) is 16.7. The van der Waals surface area contributed by atoms with Gasteiger partial charge < -0.3 is 9.80 Å². The number of carbonyl (C=O) groups is 1. The van der Waals surface area contributed by atoms with Crippen LogP contribution in [-0.2, 0) is 11.3 Å². The summed E-state index contributed by atoms with van der Waals surface area (Å²) in [6.07, 6.45) is 0. The van der Waals surface area contributed by atoms with Gasteiger partial charge in [-0.25, -0.2) is 4.39 Å². The lowest BCUT2D eigenvalue weighted by molar-refractivity contribution is -0.131. The van der Waals surface area contributed by atoms with E-state index in [2.05, 4.69) is 9.80 Å². The van der Waals surface area contributed by atoms with E-state index in [1.165, 1.54) is 12.1 Å². The van der Waals surface area contributed by atoms with Crippen LogP contribution in [0.5, 0.6) is 0 Å². The summed E-state index contributed by atoms with van der Waals surface area (Å²) >= 11 is 12.0. The number of carbonyl (C=O) groups excluding carboxylic acids is 1. The summed E-state index contributed by atoms with van der Waals surface area (Å²) in [5.74, 6) is -0.163. The second kappa shape index (κ2) is 8.91. The second-order valence-electron chi connectivity index (χ2n) is 6.74. The van der Waals surface area contributed by atoms with E-state index in [1.807, 2.05) is 6.07 Å². The molecule has 0 bridgehead atoms. The van der Waals surface area contributed by atoms with Crippen molar-refractivity contribution in [1.82, 2.24) is 9.80 Å². The summed E-state index contributed by atoms with van der Waals surface area (Å²) in [4.78, 5) is 18.6. The maximum Gasteiger partial charge on any atom is 0.236 e. The highest BCUT2D eigenvalue weighted by molar-refractivity contribution is 6.42. The number of hydrogen-bond acceptors (Lipinski definition) is 3. The number of rotatable bonds is 5. The van der Waals surface area contributed by atoms with E-state index < -0.39 is 0 Å². The van der Waals surface area contributed by atoms with Gasteiger partial charge in [0.15, 0.2) is 0 Å². The third-order valence-electron chi connectivity index (χ3n) is 4.75. The van der Waals surface area contributed by atoms with Crippen molar-refractivity contribution in [3.63, 3.8) is 0 Å². The van der Waals surface area contributed by atoms with E-state index in [1.54, 1.807) is 36.2 Å². The van der Waals surface area contributed by atoms with Gasteiger partial charge in [0.2, 0.25) is 5.91 Å². The summed E-state index contributed by atoms with van der Waals surface area (Å²) in [6.45, 7) is 4.10. The Hall–Kier alpha value is -1.82. The number of hydrogen-bond donors (Lipinski definition) is 0.